The Hall–Kier alpha value is -3.62. The van der Waals surface area contributed by atoms with Crippen molar-refractivity contribution in [1.29, 1.82) is 0 Å². The van der Waals surface area contributed by atoms with Gasteiger partial charge in [-0.3, -0.25) is 0 Å². The predicted molar refractivity (Wildman–Crippen MR) is 543 cm³/mol. The second-order valence-electron chi connectivity index (χ2n) is 43.3. The van der Waals surface area contributed by atoms with Gasteiger partial charge in [0.05, 0.1) is 43.5 Å². The summed E-state index contributed by atoms with van der Waals surface area (Å²) in [6.45, 7) is 87.7. The third-order valence-electron chi connectivity index (χ3n) is 32.8. The van der Waals surface area contributed by atoms with Crippen molar-refractivity contribution in [3.63, 3.8) is 0 Å². The SMILES string of the molecule is C=C[Si](C)(C)OC(C)(C)C(C)(C1CCCCC1)[Si](C)(C)C=C.C=C[Si](C)(C)OC(C)(C)C(C1CCCCC1)(C1CCCCC1)[Si](C)(C)C=C.C=C[Si](C)(C)OC(c1ccccc1)(c1ccccc1)C(C)(C1CCCCC1)[Si](C)(C)C=C.C=C[Si](C)(C)OC(c1ccccc1)(c1ccccc1)C(C1CCCCC1)(C1CCCCC1)[Si](C)(C)C=C. The molecule has 4 aromatic rings. The van der Waals surface area contributed by atoms with Crippen LogP contribution in [0.3, 0.4) is 0 Å². The summed E-state index contributed by atoms with van der Waals surface area (Å²) >= 11 is 0. The largest absolute Gasteiger partial charge is 0.408 e. The molecule has 2 atom stereocenters. The molecule has 0 aliphatic heterocycles. The maximum atomic E-state index is 7.91. The van der Waals surface area contributed by atoms with Gasteiger partial charge in [0.1, 0.15) is 11.2 Å². The van der Waals surface area contributed by atoms with Gasteiger partial charge in [0.25, 0.3) is 0 Å². The minimum Gasteiger partial charge on any atom is -0.408 e. The van der Waals surface area contributed by atoms with Crippen LogP contribution in [-0.2, 0) is 28.9 Å². The third kappa shape index (κ3) is 21.2. The van der Waals surface area contributed by atoms with E-state index >= 15 is 0 Å². The van der Waals surface area contributed by atoms with Crippen LogP contribution < -0.4 is 0 Å². The van der Waals surface area contributed by atoms with Gasteiger partial charge in [-0.2, -0.15) is 0 Å². The molecule has 118 heavy (non-hydrogen) atoms. The van der Waals surface area contributed by atoms with Crippen molar-refractivity contribution in [2.75, 3.05) is 0 Å². The smallest absolute Gasteiger partial charge is 0.212 e. The van der Waals surface area contributed by atoms with E-state index in [1.54, 1.807) is 0 Å². The lowest BCUT2D eigenvalue weighted by molar-refractivity contribution is -0.0348. The Morgan fingerprint density at radius 2 is 0.432 bits per heavy atom. The first kappa shape index (κ1) is 101. The molecule has 10 rings (SSSR count). The van der Waals surface area contributed by atoms with E-state index in [9.17, 15) is 0 Å². The summed E-state index contributed by atoms with van der Waals surface area (Å²) in [4.78, 5) is 0. The summed E-state index contributed by atoms with van der Waals surface area (Å²) in [6, 6.07) is 44.8. The molecule has 4 aromatic carbocycles. The molecule has 0 bridgehead atoms. The Morgan fingerprint density at radius 1 is 0.229 bits per heavy atom. The van der Waals surface area contributed by atoms with Gasteiger partial charge < -0.3 is 17.7 Å². The van der Waals surface area contributed by atoms with Gasteiger partial charge >= 0.3 is 0 Å². The monoisotopic (exact) mass is 1740 g/mol. The van der Waals surface area contributed by atoms with Crippen LogP contribution in [0.15, 0.2) is 220 Å². The Balaban J connectivity index is 0.000000221. The first-order chi connectivity index (χ1) is 55.4. The van der Waals surface area contributed by atoms with Gasteiger partial charge in [-0.15, -0.1) is 75.4 Å². The zero-order valence-electron chi connectivity index (χ0n) is 80.1. The molecule has 0 aromatic heterocycles. The van der Waals surface area contributed by atoms with Crippen molar-refractivity contribution in [3.8, 4) is 0 Å². The standard InChI is InChI=1S/C34H50OSi2.C29H42OSi2.C24H46OSi2.C19H38OSi2/c1-7-36(3,4)34(31-25-17-11-18-26-31,32-27-19-12-20-28-32)33(35-37(5,6)8-2,29-21-13-9-14-22-29)30-23-15-10-16-24-30;1-8-31(4,5)28(3,25-19-13-10-14-20-25)29(30-32(6,7)9-2,26-21-15-11-16-22-26)27-23-17-12-18-24-27;1-9-26(5,6)24(21-17-13-11-14-18-21,22-19-15-12-16-20-22)23(3,4)25-27(7,8)10-2;1-10-21(6,7)19(5,17-15-13-12-14-16-17)18(3,4)20-22(8,9)11-2/h7-10,13-16,21-24,31-32H,1-2,11-12,17-20,25-28H2,3-6H3;8-9,11-12,15-18,21-25H,1-2,10,13-14,19-20H2,3-7H3;9-10,21-22H,1-2,11-20H2,3-8H3;10-11,17H,1-2,12-16H2,3-9H3. The van der Waals surface area contributed by atoms with E-state index in [0.717, 1.165) is 17.8 Å². The van der Waals surface area contributed by atoms with Gasteiger partial charge in [0.2, 0.25) is 33.3 Å². The highest BCUT2D eigenvalue weighted by Crippen LogP contribution is 2.73. The normalized spacial score (nSPS) is 19.8. The Kier molecular flexibility index (Phi) is 36.2. The second-order valence-corrected chi connectivity index (χ2v) is 77.8. The maximum absolute atomic E-state index is 7.91. The molecule has 2 unspecified atom stereocenters. The van der Waals surface area contributed by atoms with Gasteiger partial charge in [-0.25, -0.2) is 0 Å². The topological polar surface area (TPSA) is 36.9 Å². The highest BCUT2D eigenvalue weighted by Gasteiger charge is 2.70. The molecule has 0 N–H and O–H groups in total. The fraction of sp³-hybridized carbons (Fsp3) is 0.623. The first-order valence-corrected chi connectivity index (χ1v) is 71.7. The highest BCUT2D eigenvalue weighted by atomic mass is 28.4. The van der Waals surface area contributed by atoms with Crippen LogP contribution in [0.4, 0.5) is 0 Å². The zero-order chi connectivity index (χ0) is 87.6. The van der Waals surface area contributed by atoms with Crippen molar-refractivity contribution in [2.45, 2.75) is 381 Å². The Bertz CT molecular complexity index is 3660. The lowest BCUT2D eigenvalue weighted by Gasteiger charge is -2.66. The van der Waals surface area contributed by atoms with Crippen LogP contribution >= 0.6 is 0 Å². The van der Waals surface area contributed by atoms with Crippen molar-refractivity contribution in [1.82, 2.24) is 0 Å². The molecule has 4 nitrogen and oxygen atoms in total. The molecule has 6 aliphatic carbocycles. The van der Waals surface area contributed by atoms with E-state index in [-0.39, 0.29) is 31.4 Å². The third-order valence-corrected chi connectivity index (χ3v) is 58.5. The summed E-state index contributed by atoms with van der Waals surface area (Å²) in [6.07, 6.45) is 40.7. The van der Waals surface area contributed by atoms with Crippen molar-refractivity contribution < 1.29 is 17.7 Å². The molecule has 6 saturated carbocycles. The van der Waals surface area contributed by atoms with Gasteiger partial charge in [-0.05, 0) is 143 Å². The van der Waals surface area contributed by atoms with Crippen molar-refractivity contribution in [2.24, 2.45) is 35.5 Å². The van der Waals surface area contributed by atoms with E-state index in [1.807, 2.05) is 0 Å². The lowest BCUT2D eigenvalue weighted by Crippen LogP contribution is -2.65. The molecule has 6 aliphatic rings. The molecule has 6 fully saturated rings. The summed E-state index contributed by atoms with van der Waals surface area (Å²) in [5, 5.41) is 0.405. The number of rotatable bonds is 34. The number of hydrogen-bond donors (Lipinski definition) is 0. The van der Waals surface area contributed by atoms with Crippen LogP contribution in [-0.4, -0.2) is 76.8 Å². The molecule has 0 spiro atoms. The molecule has 0 radical (unpaired) electrons. The Morgan fingerprint density at radius 3 is 0.695 bits per heavy atom. The maximum Gasteiger partial charge on any atom is 0.212 e. The van der Waals surface area contributed by atoms with E-state index in [4.69, 9.17) is 17.7 Å². The minimum atomic E-state index is -2.25. The van der Waals surface area contributed by atoms with E-state index in [2.05, 4.69) is 366 Å². The molecular weight excluding hydrogens is 1560 g/mol. The summed E-state index contributed by atoms with van der Waals surface area (Å²) < 4.78 is 29.4. The zero-order valence-corrected chi connectivity index (χ0v) is 88.1. The fourth-order valence-electron chi connectivity index (χ4n) is 26.0. The summed E-state index contributed by atoms with van der Waals surface area (Å²) in [5.41, 5.74) is 21.8. The van der Waals surface area contributed by atoms with Crippen molar-refractivity contribution in [3.05, 3.63) is 242 Å². The summed E-state index contributed by atoms with van der Waals surface area (Å²) in [5.74, 6) is 4.17. The van der Waals surface area contributed by atoms with Crippen LogP contribution in [0.2, 0.25) is 125 Å². The fourth-order valence-corrected chi connectivity index (χ4v) is 47.4. The van der Waals surface area contributed by atoms with E-state index in [1.165, 1.54) is 215 Å². The molecule has 0 saturated heterocycles. The first-order valence-electron chi connectivity index (χ1n) is 47.5. The molecule has 656 valence electrons. The average Bonchev–Trinajstić information content (AvgIpc) is 0.686. The van der Waals surface area contributed by atoms with Crippen LogP contribution in [0.25, 0.3) is 0 Å². The quantitative estimate of drug-likeness (QED) is 0.0437. The molecule has 0 heterocycles. The highest BCUT2D eigenvalue weighted by molar-refractivity contribution is 6.87. The predicted octanol–water partition coefficient (Wildman–Crippen LogP) is 33.4. The van der Waals surface area contributed by atoms with Crippen molar-refractivity contribution >= 4 is 65.6 Å². The van der Waals surface area contributed by atoms with E-state index < -0.39 is 76.8 Å². The van der Waals surface area contributed by atoms with Crippen LogP contribution in [0.1, 0.15) is 256 Å². The van der Waals surface area contributed by atoms with Crippen LogP contribution in [0, 0.1) is 35.5 Å². The molecule has 12 heteroatoms. The van der Waals surface area contributed by atoms with Crippen LogP contribution in [0.5, 0.6) is 0 Å². The van der Waals surface area contributed by atoms with Gasteiger partial charge in [-0.1, -0.05) is 403 Å². The average molecular weight is 1740 g/mol. The summed E-state index contributed by atoms with van der Waals surface area (Å²) in [7, 11) is -15.7. The number of hydrogen-bond acceptors (Lipinski definition) is 4. The van der Waals surface area contributed by atoms with E-state index in [0.29, 0.717) is 17.8 Å². The van der Waals surface area contributed by atoms with Gasteiger partial charge in [0.15, 0.2) is 0 Å². The number of benzene rings is 4. The molecular formula is C106H176O4Si8. The second kappa shape index (κ2) is 42.1. The Labute approximate surface area is 736 Å². The minimum absolute atomic E-state index is 0.00141. The molecule has 0 amide bonds. The van der Waals surface area contributed by atoms with Gasteiger partial charge in [0, 0.05) is 15.1 Å². The lowest BCUT2D eigenvalue weighted by atomic mass is 9.58.